The number of amides is 4. The molecular weight excluding hydrogens is 490 g/mol. The van der Waals surface area contributed by atoms with Crippen LogP contribution in [0.25, 0.3) is 11.3 Å². The molecule has 1 aromatic heterocycles. The predicted octanol–water partition coefficient (Wildman–Crippen LogP) is 2.93. The van der Waals surface area contributed by atoms with Gasteiger partial charge in [-0.05, 0) is 31.4 Å². The molecule has 0 spiro atoms. The number of thiazole rings is 1. The van der Waals surface area contributed by atoms with Crippen LogP contribution in [-0.2, 0) is 9.59 Å². The highest BCUT2D eigenvalue weighted by molar-refractivity contribution is 8.00. The average molecular weight is 518 g/mol. The number of nitrogens with zero attached hydrogens (tertiary/aromatic N) is 3. The summed E-state index contributed by atoms with van der Waals surface area (Å²) in [6, 6.07) is 6.52. The van der Waals surface area contributed by atoms with Gasteiger partial charge < -0.3 is 20.6 Å². The molecular formula is C23H27N5O5S2. The van der Waals surface area contributed by atoms with Crippen LogP contribution in [0.4, 0.5) is 9.93 Å². The standard InChI is InChI=1S/C23H27N5O5S2/c1-27(2)18(29)9-10-19-28(23(32)33)17(12-34-19)21(31)26-22-25-16(11-35-22)13-3-5-14(6-4-13)20(30)24-15-7-8-15/h3-6,11,15,17,19H,7-10,12H2,1-2H3,(H,24,30)(H,32,33)(H,25,26,31). The third kappa shape index (κ3) is 6.12. The van der Waals surface area contributed by atoms with Crippen LogP contribution in [0.1, 0.15) is 36.0 Å². The maximum atomic E-state index is 12.9. The molecule has 35 heavy (non-hydrogen) atoms. The molecule has 1 saturated heterocycles. The molecule has 1 saturated carbocycles. The largest absolute Gasteiger partial charge is 0.465 e. The maximum absolute atomic E-state index is 12.9. The van der Waals surface area contributed by atoms with Gasteiger partial charge in [-0.2, -0.15) is 0 Å². The first-order valence-electron chi connectivity index (χ1n) is 11.2. The summed E-state index contributed by atoms with van der Waals surface area (Å²) in [6.07, 6.45) is 1.41. The van der Waals surface area contributed by atoms with Gasteiger partial charge in [0.25, 0.3) is 5.91 Å². The molecule has 4 amide bonds. The van der Waals surface area contributed by atoms with E-state index in [0.717, 1.165) is 23.3 Å². The van der Waals surface area contributed by atoms with Crippen LogP contribution in [-0.4, -0.2) is 81.0 Å². The Bertz CT molecular complexity index is 1120. The molecule has 0 bridgehead atoms. The summed E-state index contributed by atoms with van der Waals surface area (Å²) < 4.78 is 0. The fraction of sp³-hybridized carbons (Fsp3) is 0.435. The monoisotopic (exact) mass is 517 g/mol. The lowest BCUT2D eigenvalue weighted by molar-refractivity contribution is -0.128. The van der Waals surface area contributed by atoms with Crippen molar-refractivity contribution >= 4 is 52.0 Å². The number of carboxylic acid groups (broad SMARTS) is 1. The van der Waals surface area contributed by atoms with Gasteiger partial charge in [-0.25, -0.2) is 9.78 Å². The van der Waals surface area contributed by atoms with E-state index in [4.69, 9.17) is 0 Å². The Labute approximate surface area is 211 Å². The lowest BCUT2D eigenvalue weighted by Gasteiger charge is -2.25. The minimum Gasteiger partial charge on any atom is -0.465 e. The zero-order valence-electron chi connectivity index (χ0n) is 19.4. The number of nitrogens with one attached hydrogen (secondary N) is 2. The van der Waals surface area contributed by atoms with Crippen molar-refractivity contribution < 1.29 is 24.3 Å². The van der Waals surface area contributed by atoms with E-state index in [1.165, 1.54) is 28.0 Å². The number of benzene rings is 1. The second kappa shape index (κ2) is 10.6. The van der Waals surface area contributed by atoms with Crippen molar-refractivity contribution in [2.24, 2.45) is 0 Å². The Morgan fingerprint density at radius 3 is 2.51 bits per heavy atom. The van der Waals surface area contributed by atoms with Crippen molar-refractivity contribution in [2.45, 2.75) is 43.1 Å². The number of anilines is 1. The minimum atomic E-state index is -1.19. The van der Waals surface area contributed by atoms with Crippen LogP contribution >= 0.6 is 23.1 Å². The zero-order valence-corrected chi connectivity index (χ0v) is 21.0. The summed E-state index contributed by atoms with van der Waals surface area (Å²) >= 11 is 2.60. The first kappa shape index (κ1) is 25.0. The Hall–Kier alpha value is -3.12. The van der Waals surface area contributed by atoms with E-state index >= 15 is 0 Å². The van der Waals surface area contributed by atoms with Crippen molar-refractivity contribution in [2.75, 3.05) is 25.2 Å². The van der Waals surface area contributed by atoms with Crippen LogP contribution in [0.5, 0.6) is 0 Å². The van der Waals surface area contributed by atoms with Gasteiger partial charge in [0.15, 0.2) is 5.13 Å². The summed E-state index contributed by atoms with van der Waals surface area (Å²) in [7, 11) is 3.30. The van der Waals surface area contributed by atoms with Crippen molar-refractivity contribution in [3.05, 3.63) is 35.2 Å². The van der Waals surface area contributed by atoms with Crippen LogP contribution < -0.4 is 10.6 Å². The summed E-state index contributed by atoms with van der Waals surface area (Å²) in [5, 5.41) is 17.1. The highest BCUT2D eigenvalue weighted by atomic mass is 32.2. The lowest BCUT2D eigenvalue weighted by Crippen LogP contribution is -2.47. The van der Waals surface area contributed by atoms with Crippen molar-refractivity contribution in [1.82, 2.24) is 20.1 Å². The quantitative estimate of drug-likeness (QED) is 0.490. The number of carbonyl (C=O) groups is 4. The van der Waals surface area contributed by atoms with E-state index in [2.05, 4.69) is 15.6 Å². The summed E-state index contributed by atoms with van der Waals surface area (Å²) in [6.45, 7) is 0. The minimum absolute atomic E-state index is 0.0873. The van der Waals surface area contributed by atoms with Crippen LogP contribution in [0.15, 0.2) is 29.6 Å². The topological polar surface area (TPSA) is 132 Å². The maximum Gasteiger partial charge on any atom is 0.408 e. The van der Waals surface area contributed by atoms with Crippen LogP contribution in [0.2, 0.25) is 0 Å². The molecule has 10 nitrogen and oxygen atoms in total. The number of thioether (sulfide) groups is 1. The van der Waals surface area contributed by atoms with Crippen molar-refractivity contribution in [1.29, 1.82) is 0 Å². The predicted molar refractivity (Wildman–Crippen MR) is 134 cm³/mol. The third-order valence-electron chi connectivity index (χ3n) is 5.81. The van der Waals surface area contributed by atoms with Crippen LogP contribution in [0.3, 0.4) is 0 Å². The summed E-state index contributed by atoms with van der Waals surface area (Å²) in [5.74, 6) is -0.321. The summed E-state index contributed by atoms with van der Waals surface area (Å²) in [4.78, 5) is 55.9. The zero-order chi connectivity index (χ0) is 25.1. The van der Waals surface area contributed by atoms with Gasteiger partial charge in [0.1, 0.15) is 6.04 Å². The molecule has 0 radical (unpaired) electrons. The van der Waals surface area contributed by atoms with E-state index in [1.54, 1.807) is 31.6 Å². The molecule has 3 N–H and O–H groups in total. The molecule has 2 aromatic rings. The fourth-order valence-electron chi connectivity index (χ4n) is 3.66. The van der Waals surface area contributed by atoms with E-state index < -0.39 is 23.4 Å². The van der Waals surface area contributed by atoms with E-state index in [-0.39, 0.29) is 24.3 Å². The van der Waals surface area contributed by atoms with Gasteiger partial charge in [0.2, 0.25) is 11.8 Å². The molecule has 12 heteroatoms. The SMILES string of the molecule is CN(C)C(=O)CCC1SCC(C(=O)Nc2nc(-c3ccc(C(=O)NC4CC4)cc3)cs2)N1C(=O)O. The molecule has 1 aromatic carbocycles. The Morgan fingerprint density at radius 2 is 1.89 bits per heavy atom. The van der Waals surface area contributed by atoms with Crippen LogP contribution in [0, 0.1) is 0 Å². The van der Waals surface area contributed by atoms with Gasteiger partial charge in [0.05, 0.1) is 11.1 Å². The van der Waals surface area contributed by atoms with E-state index in [1.807, 2.05) is 12.1 Å². The Morgan fingerprint density at radius 1 is 1.17 bits per heavy atom. The third-order valence-corrected chi connectivity index (χ3v) is 7.92. The molecule has 2 heterocycles. The molecule has 2 atom stereocenters. The molecule has 2 fully saturated rings. The van der Waals surface area contributed by atoms with Gasteiger partial charge in [-0.1, -0.05) is 12.1 Å². The number of aromatic nitrogens is 1. The highest BCUT2D eigenvalue weighted by Crippen LogP contribution is 2.33. The smallest absolute Gasteiger partial charge is 0.408 e. The van der Waals surface area contributed by atoms with Crippen molar-refractivity contribution in [3.8, 4) is 11.3 Å². The number of hydrogen-bond donors (Lipinski definition) is 3. The van der Waals surface area contributed by atoms with Gasteiger partial charge in [-0.3, -0.25) is 19.3 Å². The summed E-state index contributed by atoms with van der Waals surface area (Å²) in [5.41, 5.74) is 2.04. The number of rotatable bonds is 8. The van der Waals surface area contributed by atoms with Crippen molar-refractivity contribution in [3.63, 3.8) is 0 Å². The molecule has 2 unspecified atom stereocenters. The second-order valence-corrected chi connectivity index (χ2v) is 10.7. The van der Waals surface area contributed by atoms with Gasteiger partial charge in [0, 0.05) is 48.8 Å². The molecule has 186 valence electrons. The highest BCUT2D eigenvalue weighted by Gasteiger charge is 2.42. The molecule has 4 rings (SSSR count). The first-order valence-corrected chi connectivity index (χ1v) is 13.2. The van der Waals surface area contributed by atoms with Gasteiger partial charge >= 0.3 is 6.09 Å². The number of carbonyl (C=O) groups excluding carboxylic acids is 3. The molecule has 1 aliphatic carbocycles. The van der Waals surface area contributed by atoms with E-state index in [0.29, 0.717) is 28.6 Å². The Kier molecular flexibility index (Phi) is 7.60. The number of hydrogen-bond acceptors (Lipinski definition) is 7. The molecule has 1 aliphatic heterocycles. The lowest BCUT2D eigenvalue weighted by atomic mass is 10.1. The van der Waals surface area contributed by atoms with E-state index in [9.17, 15) is 24.3 Å². The molecule has 2 aliphatic rings. The first-order chi connectivity index (χ1) is 16.7. The Balaban J connectivity index is 1.36. The second-order valence-electron chi connectivity index (χ2n) is 8.67. The van der Waals surface area contributed by atoms with Gasteiger partial charge in [-0.15, -0.1) is 23.1 Å². The average Bonchev–Trinajstić information content (AvgIpc) is 3.34. The normalized spacial score (nSPS) is 19.3. The fourth-order valence-corrected chi connectivity index (χ4v) is 5.78.